The molecule has 1 atom stereocenters. The molecule has 0 spiro atoms. The van der Waals surface area contributed by atoms with Crippen LogP contribution in [0, 0.1) is 17.2 Å². The Kier molecular flexibility index (Phi) is 5.67. The lowest BCUT2D eigenvalue weighted by Crippen LogP contribution is -2.28. The first kappa shape index (κ1) is 14.5. The van der Waals surface area contributed by atoms with Gasteiger partial charge in [-0.15, -0.1) is 0 Å². The van der Waals surface area contributed by atoms with Crippen LogP contribution in [0.25, 0.3) is 0 Å². The molecule has 1 aromatic carbocycles. The minimum absolute atomic E-state index is 0.0664. The molecule has 0 aliphatic carbocycles. The maximum Gasteiger partial charge on any atom is 0.0640 e. The van der Waals surface area contributed by atoms with Crippen molar-refractivity contribution in [2.45, 2.75) is 33.2 Å². The molecule has 0 fully saturated rings. The number of anilines is 1. The van der Waals surface area contributed by atoms with Crippen LogP contribution in [0.3, 0.4) is 0 Å². The van der Waals surface area contributed by atoms with Crippen molar-refractivity contribution in [3.8, 4) is 6.07 Å². The Morgan fingerprint density at radius 3 is 2.28 bits per heavy atom. The van der Waals surface area contributed by atoms with Crippen LogP contribution in [-0.4, -0.2) is 13.1 Å². The molecule has 2 N–H and O–H groups in total. The second-order valence-electron chi connectivity index (χ2n) is 5.13. The second kappa shape index (κ2) is 7.03. The van der Waals surface area contributed by atoms with Crippen LogP contribution in [-0.2, 0) is 0 Å². The Morgan fingerprint density at radius 1 is 1.22 bits per heavy atom. The van der Waals surface area contributed by atoms with Gasteiger partial charge in [0, 0.05) is 24.8 Å². The van der Waals surface area contributed by atoms with E-state index in [-0.39, 0.29) is 6.04 Å². The summed E-state index contributed by atoms with van der Waals surface area (Å²) >= 11 is 0. The Morgan fingerprint density at radius 2 is 1.83 bits per heavy atom. The van der Waals surface area contributed by atoms with E-state index in [2.05, 4.69) is 49.1 Å². The zero-order valence-electron chi connectivity index (χ0n) is 11.6. The van der Waals surface area contributed by atoms with Crippen molar-refractivity contribution in [1.82, 2.24) is 0 Å². The highest BCUT2D eigenvalue weighted by Crippen LogP contribution is 2.19. The van der Waals surface area contributed by atoms with E-state index in [1.54, 1.807) is 0 Å². The molecule has 0 bridgehead atoms. The van der Waals surface area contributed by atoms with E-state index in [9.17, 15) is 0 Å². The van der Waals surface area contributed by atoms with Gasteiger partial charge in [-0.05, 0) is 30.5 Å². The van der Waals surface area contributed by atoms with Gasteiger partial charge in [0.1, 0.15) is 0 Å². The van der Waals surface area contributed by atoms with Crippen molar-refractivity contribution >= 4 is 5.69 Å². The van der Waals surface area contributed by atoms with Gasteiger partial charge in [0.2, 0.25) is 0 Å². The van der Waals surface area contributed by atoms with Gasteiger partial charge in [-0.3, -0.25) is 0 Å². The highest BCUT2D eigenvalue weighted by Gasteiger charge is 2.09. The molecule has 0 radical (unpaired) electrons. The minimum Gasteiger partial charge on any atom is -0.370 e. The van der Waals surface area contributed by atoms with Gasteiger partial charge in [0.05, 0.1) is 12.5 Å². The quantitative estimate of drug-likeness (QED) is 0.838. The van der Waals surface area contributed by atoms with Gasteiger partial charge in [0.25, 0.3) is 0 Å². The van der Waals surface area contributed by atoms with Crippen LogP contribution < -0.4 is 10.6 Å². The standard InChI is InChI=1S/C15H23N3/c1-12(2)11-18(10-4-9-16)15-7-5-14(6-8-15)13(3)17/h5-8,12-13H,4,10-11,17H2,1-3H3. The van der Waals surface area contributed by atoms with E-state index >= 15 is 0 Å². The monoisotopic (exact) mass is 245 g/mol. The molecule has 1 rings (SSSR count). The molecule has 18 heavy (non-hydrogen) atoms. The van der Waals surface area contributed by atoms with E-state index in [4.69, 9.17) is 11.0 Å². The van der Waals surface area contributed by atoms with Crippen LogP contribution in [0.5, 0.6) is 0 Å². The molecular formula is C15H23N3. The highest BCUT2D eigenvalue weighted by atomic mass is 15.1. The van der Waals surface area contributed by atoms with Crippen molar-refractivity contribution < 1.29 is 0 Å². The third-order valence-electron chi connectivity index (χ3n) is 2.86. The van der Waals surface area contributed by atoms with Gasteiger partial charge in [-0.2, -0.15) is 5.26 Å². The Hall–Kier alpha value is -1.53. The first-order valence-electron chi connectivity index (χ1n) is 6.52. The van der Waals surface area contributed by atoms with Gasteiger partial charge in [-0.25, -0.2) is 0 Å². The maximum absolute atomic E-state index is 8.72. The average molecular weight is 245 g/mol. The van der Waals surface area contributed by atoms with Crippen molar-refractivity contribution in [1.29, 1.82) is 5.26 Å². The minimum atomic E-state index is 0.0664. The molecule has 3 heteroatoms. The maximum atomic E-state index is 8.72. The number of benzene rings is 1. The SMILES string of the molecule is CC(C)CN(CCC#N)c1ccc(C(C)N)cc1. The van der Waals surface area contributed by atoms with E-state index in [1.807, 2.05) is 6.92 Å². The first-order valence-corrected chi connectivity index (χ1v) is 6.52. The molecule has 0 aromatic heterocycles. The van der Waals surface area contributed by atoms with Crippen molar-refractivity contribution in [2.75, 3.05) is 18.0 Å². The summed E-state index contributed by atoms with van der Waals surface area (Å²) in [5, 5.41) is 8.72. The molecule has 0 saturated carbocycles. The molecule has 0 heterocycles. The van der Waals surface area contributed by atoms with E-state index in [0.717, 1.165) is 18.7 Å². The third kappa shape index (κ3) is 4.38. The average Bonchev–Trinajstić information content (AvgIpc) is 2.34. The third-order valence-corrected chi connectivity index (χ3v) is 2.86. The number of nitriles is 1. The van der Waals surface area contributed by atoms with Gasteiger partial charge in [-0.1, -0.05) is 26.0 Å². The Bertz CT molecular complexity index is 387. The number of nitrogens with two attached hydrogens (primary N) is 1. The second-order valence-corrected chi connectivity index (χ2v) is 5.13. The van der Waals surface area contributed by atoms with Gasteiger partial charge < -0.3 is 10.6 Å². The van der Waals surface area contributed by atoms with E-state index in [1.165, 1.54) is 5.69 Å². The first-order chi connectivity index (χ1) is 8.54. The molecular weight excluding hydrogens is 222 g/mol. The lowest BCUT2D eigenvalue weighted by molar-refractivity contribution is 0.612. The molecule has 0 amide bonds. The summed E-state index contributed by atoms with van der Waals surface area (Å²) < 4.78 is 0. The molecule has 3 nitrogen and oxygen atoms in total. The number of nitrogens with zero attached hydrogens (tertiary/aromatic N) is 2. The topological polar surface area (TPSA) is 53.0 Å². The number of rotatable bonds is 6. The fourth-order valence-electron chi connectivity index (χ4n) is 1.94. The number of hydrogen-bond donors (Lipinski definition) is 1. The van der Waals surface area contributed by atoms with Crippen LogP contribution >= 0.6 is 0 Å². The van der Waals surface area contributed by atoms with Crippen LogP contribution in [0.4, 0.5) is 5.69 Å². The summed E-state index contributed by atoms with van der Waals surface area (Å²) in [6.45, 7) is 8.12. The lowest BCUT2D eigenvalue weighted by Gasteiger charge is -2.26. The van der Waals surface area contributed by atoms with Crippen molar-refractivity contribution in [3.63, 3.8) is 0 Å². The van der Waals surface area contributed by atoms with E-state index < -0.39 is 0 Å². The Labute approximate surface area is 110 Å². The van der Waals surface area contributed by atoms with E-state index in [0.29, 0.717) is 12.3 Å². The fourth-order valence-corrected chi connectivity index (χ4v) is 1.94. The van der Waals surface area contributed by atoms with Gasteiger partial charge >= 0.3 is 0 Å². The summed E-state index contributed by atoms with van der Waals surface area (Å²) in [6.07, 6.45) is 0.557. The highest BCUT2D eigenvalue weighted by molar-refractivity contribution is 5.48. The predicted octanol–water partition coefficient (Wildman–Crippen LogP) is 3.08. The van der Waals surface area contributed by atoms with Crippen LogP contribution in [0.15, 0.2) is 24.3 Å². The van der Waals surface area contributed by atoms with Gasteiger partial charge in [0.15, 0.2) is 0 Å². The smallest absolute Gasteiger partial charge is 0.0640 e. The summed E-state index contributed by atoms with van der Waals surface area (Å²) in [5.41, 5.74) is 8.16. The Balaban J connectivity index is 2.81. The molecule has 98 valence electrons. The van der Waals surface area contributed by atoms with Crippen LogP contribution in [0.1, 0.15) is 38.8 Å². The van der Waals surface area contributed by atoms with Crippen molar-refractivity contribution in [2.24, 2.45) is 11.7 Å². The summed E-state index contributed by atoms with van der Waals surface area (Å²) in [5.74, 6) is 0.580. The normalized spacial score (nSPS) is 12.2. The summed E-state index contributed by atoms with van der Waals surface area (Å²) in [7, 11) is 0. The zero-order valence-corrected chi connectivity index (χ0v) is 11.6. The number of hydrogen-bond acceptors (Lipinski definition) is 3. The van der Waals surface area contributed by atoms with Crippen LogP contribution in [0.2, 0.25) is 0 Å². The fraction of sp³-hybridized carbons (Fsp3) is 0.533. The molecule has 1 aromatic rings. The predicted molar refractivity (Wildman–Crippen MR) is 76.3 cm³/mol. The van der Waals surface area contributed by atoms with Crippen molar-refractivity contribution in [3.05, 3.63) is 29.8 Å². The lowest BCUT2D eigenvalue weighted by atomic mass is 10.1. The molecule has 0 saturated heterocycles. The molecule has 0 aliphatic rings. The summed E-state index contributed by atoms with van der Waals surface area (Å²) in [6, 6.07) is 10.6. The molecule has 1 unspecified atom stereocenters. The zero-order chi connectivity index (χ0) is 13.5. The molecule has 0 aliphatic heterocycles. The largest absolute Gasteiger partial charge is 0.370 e. The summed E-state index contributed by atoms with van der Waals surface area (Å²) in [4.78, 5) is 2.26.